The Labute approximate surface area is 136 Å². The van der Waals surface area contributed by atoms with Crippen LogP contribution in [0.1, 0.15) is 0 Å². The zero-order valence-electron chi connectivity index (χ0n) is 12.4. The van der Waals surface area contributed by atoms with Gasteiger partial charge >= 0.3 is 6.03 Å². The minimum absolute atomic E-state index is 0.0439. The standard InChI is InChI=1S/C17H13F3N2O2/c18-12-3-6-14(7-4-12)22-17(23)21-9-1-2-10-24-16-8-5-13(19)11-15(16)20/h3-8,11H,9-10H2,(H2,21,22,23). The fraction of sp³-hybridized carbons (Fsp3) is 0.118. The Hall–Kier alpha value is -3.14. The molecule has 2 aromatic rings. The molecule has 0 bridgehead atoms. The normalized spacial score (nSPS) is 9.62. The van der Waals surface area contributed by atoms with Crippen molar-refractivity contribution < 1.29 is 22.7 Å². The minimum Gasteiger partial charge on any atom is -0.478 e. The molecule has 0 saturated carbocycles. The number of hydrogen-bond donors (Lipinski definition) is 2. The molecule has 0 unspecified atom stereocenters. The van der Waals surface area contributed by atoms with Crippen LogP contribution in [0.15, 0.2) is 42.5 Å². The summed E-state index contributed by atoms with van der Waals surface area (Å²) in [5, 5.41) is 4.96. The summed E-state index contributed by atoms with van der Waals surface area (Å²) in [6.07, 6.45) is 0. The highest BCUT2D eigenvalue weighted by Crippen LogP contribution is 2.17. The minimum atomic E-state index is -0.811. The van der Waals surface area contributed by atoms with Crippen molar-refractivity contribution in [3.63, 3.8) is 0 Å². The molecule has 2 amide bonds. The predicted molar refractivity (Wildman–Crippen MR) is 83.1 cm³/mol. The van der Waals surface area contributed by atoms with E-state index < -0.39 is 23.5 Å². The quantitative estimate of drug-likeness (QED) is 0.843. The third-order valence-electron chi connectivity index (χ3n) is 2.76. The number of anilines is 1. The maximum Gasteiger partial charge on any atom is 0.319 e. The lowest BCUT2D eigenvalue weighted by molar-refractivity contribution is 0.253. The van der Waals surface area contributed by atoms with E-state index in [-0.39, 0.29) is 18.9 Å². The Bertz CT molecular complexity index is 768. The molecular weight excluding hydrogens is 321 g/mol. The number of amides is 2. The van der Waals surface area contributed by atoms with Crippen LogP contribution in [0.25, 0.3) is 0 Å². The highest BCUT2D eigenvalue weighted by atomic mass is 19.1. The monoisotopic (exact) mass is 334 g/mol. The van der Waals surface area contributed by atoms with Gasteiger partial charge in [-0.05, 0) is 36.4 Å². The lowest BCUT2D eigenvalue weighted by Gasteiger charge is -2.05. The number of urea groups is 1. The van der Waals surface area contributed by atoms with Crippen LogP contribution in [0, 0.1) is 29.3 Å². The van der Waals surface area contributed by atoms with Crippen molar-refractivity contribution in [3.8, 4) is 17.6 Å². The number of hydrogen-bond acceptors (Lipinski definition) is 2. The summed E-state index contributed by atoms with van der Waals surface area (Å²) < 4.78 is 43.7. The fourth-order valence-corrected chi connectivity index (χ4v) is 1.65. The molecule has 24 heavy (non-hydrogen) atoms. The summed E-state index contributed by atoms with van der Waals surface area (Å²) in [6, 6.07) is 7.75. The number of carbonyl (C=O) groups excluding carboxylic acids is 1. The third-order valence-corrected chi connectivity index (χ3v) is 2.76. The van der Waals surface area contributed by atoms with E-state index >= 15 is 0 Å². The first-order chi connectivity index (χ1) is 11.5. The van der Waals surface area contributed by atoms with Crippen LogP contribution in [-0.4, -0.2) is 19.2 Å². The van der Waals surface area contributed by atoms with Gasteiger partial charge in [0.1, 0.15) is 18.2 Å². The van der Waals surface area contributed by atoms with Crippen LogP contribution < -0.4 is 15.4 Å². The summed E-state index contributed by atoms with van der Waals surface area (Å²) in [5.41, 5.74) is 0.442. The molecule has 2 rings (SSSR count). The Balaban J connectivity index is 1.69. The number of rotatable bonds is 4. The van der Waals surface area contributed by atoms with Crippen LogP contribution in [0.4, 0.5) is 23.7 Å². The number of benzene rings is 2. The first-order valence-corrected chi connectivity index (χ1v) is 6.88. The second kappa shape index (κ2) is 8.48. The van der Waals surface area contributed by atoms with Gasteiger partial charge in [-0.15, -0.1) is 0 Å². The first-order valence-electron chi connectivity index (χ1n) is 6.88. The van der Waals surface area contributed by atoms with Gasteiger partial charge in [-0.2, -0.15) is 0 Å². The van der Waals surface area contributed by atoms with E-state index in [2.05, 4.69) is 22.5 Å². The molecule has 0 spiro atoms. The molecule has 7 heteroatoms. The Kier molecular flexibility index (Phi) is 6.08. The van der Waals surface area contributed by atoms with E-state index in [4.69, 9.17) is 4.74 Å². The molecule has 0 heterocycles. The van der Waals surface area contributed by atoms with Crippen LogP contribution in [0.2, 0.25) is 0 Å². The highest BCUT2D eigenvalue weighted by Gasteiger charge is 2.03. The Morgan fingerprint density at radius 3 is 2.42 bits per heavy atom. The van der Waals surface area contributed by atoms with Crippen molar-refractivity contribution in [1.29, 1.82) is 0 Å². The molecular formula is C17H13F3N2O2. The van der Waals surface area contributed by atoms with E-state index in [0.717, 1.165) is 6.07 Å². The van der Waals surface area contributed by atoms with Crippen LogP contribution in [-0.2, 0) is 0 Å². The van der Waals surface area contributed by atoms with Gasteiger partial charge in [0.25, 0.3) is 0 Å². The lowest BCUT2D eigenvalue weighted by Crippen LogP contribution is -2.28. The maximum atomic E-state index is 13.3. The highest BCUT2D eigenvalue weighted by molar-refractivity contribution is 5.89. The van der Waals surface area contributed by atoms with E-state index in [0.29, 0.717) is 11.8 Å². The van der Waals surface area contributed by atoms with E-state index in [9.17, 15) is 18.0 Å². The molecule has 2 aromatic carbocycles. The lowest BCUT2D eigenvalue weighted by atomic mass is 10.3. The molecule has 124 valence electrons. The topological polar surface area (TPSA) is 50.4 Å². The van der Waals surface area contributed by atoms with E-state index in [1.54, 1.807) is 0 Å². The van der Waals surface area contributed by atoms with Crippen molar-refractivity contribution in [2.24, 2.45) is 0 Å². The maximum absolute atomic E-state index is 13.3. The molecule has 2 N–H and O–H groups in total. The van der Waals surface area contributed by atoms with Gasteiger partial charge in [0.15, 0.2) is 11.6 Å². The molecule has 0 fully saturated rings. The van der Waals surface area contributed by atoms with Gasteiger partial charge in [0.05, 0.1) is 6.54 Å². The van der Waals surface area contributed by atoms with Crippen LogP contribution in [0.5, 0.6) is 5.75 Å². The number of nitrogens with one attached hydrogen (secondary N) is 2. The smallest absolute Gasteiger partial charge is 0.319 e. The Morgan fingerprint density at radius 1 is 1.00 bits per heavy atom. The summed E-state index contributed by atoms with van der Waals surface area (Å²) in [6.45, 7) is -0.0634. The summed E-state index contributed by atoms with van der Waals surface area (Å²) in [7, 11) is 0. The largest absolute Gasteiger partial charge is 0.478 e. The van der Waals surface area contributed by atoms with E-state index in [1.807, 2.05) is 0 Å². The van der Waals surface area contributed by atoms with Crippen molar-refractivity contribution in [2.75, 3.05) is 18.5 Å². The van der Waals surface area contributed by atoms with Crippen LogP contribution in [0.3, 0.4) is 0 Å². The SMILES string of the molecule is O=C(NCC#CCOc1ccc(F)cc1F)Nc1ccc(F)cc1. The van der Waals surface area contributed by atoms with Crippen molar-refractivity contribution >= 4 is 11.7 Å². The number of carbonyl (C=O) groups is 1. The van der Waals surface area contributed by atoms with E-state index in [1.165, 1.54) is 30.3 Å². The molecule has 0 saturated heterocycles. The summed E-state index contributed by atoms with van der Waals surface area (Å²) >= 11 is 0. The van der Waals surface area contributed by atoms with Gasteiger partial charge in [-0.25, -0.2) is 18.0 Å². The zero-order chi connectivity index (χ0) is 17.4. The molecule has 0 radical (unpaired) electrons. The second-order valence-corrected chi connectivity index (χ2v) is 4.53. The van der Waals surface area contributed by atoms with Gasteiger partial charge in [-0.3, -0.25) is 0 Å². The zero-order valence-corrected chi connectivity index (χ0v) is 12.4. The predicted octanol–water partition coefficient (Wildman–Crippen LogP) is 3.31. The third kappa shape index (κ3) is 5.57. The fourth-order valence-electron chi connectivity index (χ4n) is 1.65. The molecule has 0 aliphatic carbocycles. The van der Waals surface area contributed by atoms with Crippen molar-refractivity contribution in [1.82, 2.24) is 5.32 Å². The molecule has 0 aromatic heterocycles. The average Bonchev–Trinajstić information content (AvgIpc) is 2.54. The average molecular weight is 334 g/mol. The molecule has 0 atom stereocenters. The Morgan fingerprint density at radius 2 is 1.71 bits per heavy atom. The van der Waals surface area contributed by atoms with Gasteiger partial charge in [-0.1, -0.05) is 11.8 Å². The summed E-state index contributed by atoms with van der Waals surface area (Å²) in [4.78, 5) is 11.5. The second-order valence-electron chi connectivity index (χ2n) is 4.53. The molecule has 0 aliphatic rings. The van der Waals surface area contributed by atoms with Crippen LogP contribution >= 0.6 is 0 Å². The first kappa shape index (κ1) is 17.2. The summed E-state index contributed by atoms with van der Waals surface area (Å²) in [5.74, 6) is 3.18. The van der Waals surface area contributed by atoms with Crippen molar-refractivity contribution in [3.05, 3.63) is 59.9 Å². The van der Waals surface area contributed by atoms with Gasteiger partial charge in [0, 0.05) is 11.8 Å². The number of ether oxygens (including phenoxy) is 1. The van der Waals surface area contributed by atoms with Gasteiger partial charge < -0.3 is 15.4 Å². The number of halogens is 3. The molecule has 4 nitrogen and oxygen atoms in total. The van der Waals surface area contributed by atoms with Crippen molar-refractivity contribution in [2.45, 2.75) is 0 Å². The van der Waals surface area contributed by atoms with Gasteiger partial charge in [0.2, 0.25) is 0 Å². The molecule has 0 aliphatic heterocycles.